The van der Waals surface area contributed by atoms with Crippen molar-refractivity contribution in [1.82, 2.24) is 0 Å². The van der Waals surface area contributed by atoms with Gasteiger partial charge >= 0.3 is 167 Å². The van der Waals surface area contributed by atoms with Gasteiger partial charge in [0.05, 0.1) is 0 Å². The van der Waals surface area contributed by atoms with E-state index in [2.05, 4.69) is 90.1 Å². The number of aryl methyl sites for hydroxylation is 2. The van der Waals surface area contributed by atoms with Crippen LogP contribution >= 0.6 is 0 Å². The predicted octanol–water partition coefficient (Wildman–Crippen LogP) is 20.1. The summed E-state index contributed by atoms with van der Waals surface area (Å²) in [5, 5.41) is 2.86. The molecule has 0 aromatic heterocycles. The van der Waals surface area contributed by atoms with Crippen LogP contribution < -0.4 is 0 Å². The van der Waals surface area contributed by atoms with Gasteiger partial charge in [-0.05, 0) is 80.8 Å². The van der Waals surface area contributed by atoms with Gasteiger partial charge < -0.3 is 5.53 Å². The van der Waals surface area contributed by atoms with E-state index in [1.165, 1.54) is 230 Å². The molecule has 0 radical (unpaired) electrons. The molecule has 0 N–H and O–H groups in total. The third kappa shape index (κ3) is 24.0. The van der Waals surface area contributed by atoms with Gasteiger partial charge in [0.1, 0.15) is 0 Å². The normalized spacial score (nSPS) is 12.9. The summed E-state index contributed by atoms with van der Waals surface area (Å²) in [6.45, 7) is 13.5. The minimum absolute atomic E-state index is 0.953. The Bertz CT molecular complexity index is 1380. The molecule has 0 saturated heterocycles. The zero-order chi connectivity index (χ0) is 43.3. The van der Waals surface area contributed by atoms with Crippen molar-refractivity contribution in [2.24, 2.45) is 0 Å². The summed E-state index contributed by atoms with van der Waals surface area (Å²) in [5.41, 5.74) is 21.0. The molecule has 0 bridgehead atoms. The van der Waals surface area contributed by atoms with Crippen LogP contribution in [0.15, 0.2) is 59.7 Å². The molecule has 0 saturated carbocycles. The Labute approximate surface area is 380 Å². The van der Waals surface area contributed by atoms with E-state index in [0.717, 1.165) is 41.8 Å². The number of unbranched alkanes of at least 4 members (excludes halogenated alkanes) is 25. The molecule has 3 rings (SSSR count). The van der Waals surface area contributed by atoms with E-state index in [0.29, 0.717) is 0 Å². The summed E-state index contributed by atoms with van der Waals surface area (Å²) in [5.74, 6) is 0. The maximum atomic E-state index is 11.6. The first-order valence-corrected chi connectivity index (χ1v) is 27.5. The van der Waals surface area contributed by atoms with Crippen LogP contribution in [0.4, 0.5) is 0 Å². The van der Waals surface area contributed by atoms with Crippen LogP contribution in [-0.4, -0.2) is 4.70 Å². The number of hydrogen-bond donors (Lipinski definition) is 0. The second-order valence-corrected chi connectivity index (χ2v) is 19.6. The van der Waals surface area contributed by atoms with Crippen LogP contribution in [0.1, 0.15) is 263 Å². The Balaban J connectivity index is 0.000000440. The van der Waals surface area contributed by atoms with Crippen molar-refractivity contribution in [3.05, 3.63) is 87.5 Å². The monoisotopic (exact) mass is 867 g/mol. The Morgan fingerprint density at radius 1 is 0.400 bits per heavy atom. The average molecular weight is 868 g/mol. The van der Waals surface area contributed by atoms with E-state index >= 15 is 0 Å². The Morgan fingerprint density at radius 3 is 1.28 bits per heavy atom. The van der Waals surface area contributed by atoms with Crippen LogP contribution in [0.25, 0.3) is 16.9 Å². The quantitative estimate of drug-likeness (QED) is 0.0367. The van der Waals surface area contributed by atoms with Crippen molar-refractivity contribution in [3.63, 3.8) is 0 Å². The molecule has 0 spiro atoms. The molecule has 2 aromatic rings. The van der Waals surface area contributed by atoms with Gasteiger partial charge in [0, 0.05) is 22.3 Å². The molecule has 0 unspecified atom stereocenters. The SMILES string of the molecule is CCCCCCCCC1=C(c2ccc(CCCC)cc2)[N+](=[N-])C(c2cccc(CCCC)c2)=C1C.CCCCCCCCCCC[CH2][Ni][CH2]CCCCCCCCCCC. The molecule has 0 amide bonds. The summed E-state index contributed by atoms with van der Waals surface area (Å²) < 4.78 is 1.49. The second kappa shape index (κ2) is 37.6. The first kappa shape index (κ1) is 54.1. The molecule has 0 fully saturated rings. The number of allylic oxidation sites excluding steroid dienone is 2. The van der Waals surface area contributed by atoms with E-state index < -0.39 is 0 Å². The zero-order valence-corrected chi connectivity index (χ0v) is 41.6. The fourth-order valence-electron chi connectivity index (χ4n) is 8.58. The zero-order valence-electron chi connectivity index (χ0n) is 40.6. The number of hydrogen-bond acceptors (Lipinski definition) is 0. The summed E-state index contributed by atoms with van der Waals surface area (Å²) in [6.07, 6.45) is 45.0. The van der Waals surface area contributed by atoms with Gasteiger partial charge in [-0.25, -0.2) is 4.70 Å². The average Bonchev–Trinajstić information content (AvgIpc) is 3.52. The van der Waals surface area contributed by atoms with Crippen molar-refractivity contribution >= 4 is 11.4 Å². The molecule has 60 heavy (non-hydrogen) atoms. The summed E-state index contributed by atoms with van der Waals surface area (Å²) in [4.78, 5) is 0. The van der Waals surface area contributed by atoms with Crippen LogP contribution in [0.2, 0.25) is 10.8 Å². The molecule has 1 heterocycles. The van der Waals surface area contributed by atoms with Gasteiger partial charge in [-0.15, -0.1) is 0 Å². The van der Waals surface area contributed by atoms with Crippen molar-refractivity contribution in [1.29, 1.82) is 0 Å². The van der Waals surface area contributed by atoms with Crippen LogP contribution in [0, 0.1) is 0 Å². The molecule has 3 heteroatoms. The fourth-order valence-corrected chi connectivity index (χ4v) is 9.81. The van der Waals surface area contributed by atoms with Crippen molar-refractivity contribution in [3.8, 4) is 0 Å². The van der Waals surface area contributed by atoms with Gasteiger partial charge in [0.15, 0.2) is 0 Å². The predicted molar refractivity (Wildman–Crippen MR) is 265 cm³/mol. The molecule has 0 atom stereocenters. The standard InChI is InChI=1S/C33H46N2.2C12H25.Ni/c1-5-8-11-12-13-14-20-31-26(4)32(30-19-15-18-28(25-30)17-10-7-3)35(34)33(31)29-23-21-27(22-24-29)16-9-6-2;2*1-3-5-7-9-11-12-10-8-6-4-2;/h15,18-19,21-25H,5-14,16-17,20H2,1-4H3;2*1,3-12H2,2H3;. The molecule has 0 aliphatic carbocycles. The van der Waals surface area contributed by atoms with Gasteiger partial charge in [-0.1, -0.05) is 90.0 Å². The van der Waals surface area contributed by atoms with Crippen LogP contribution in [0.5, 0.6) is 0 Å². The first-order valence-electron chi connectivity index (χ1n) is 26.1. The number of benzene rings is 2. The van der Waals surface area contributed by atoms with Gasteiger partial charge in [-0.2, -0.15) is 0 Å². The number of rotatable bonds is 37. The molecular weight excluding hydrogens is 771 g/mol. The van der Waals surface area contributed by atoms with Crippen molar-refractivity contribution < 1.29 is 19.1 Å². The Kier molecular flexibility index (Phi) is 33.9. The summed E-state index contributed by atoms with van der Waals surface area (Å²) >= 11 is 2.03. The molecule has 1 aliphatic rings. The third-order valence-corrected chi connectivity index (χ3v) is 13.9. The molecule has 344 valence electrons. The van der Waals surface area contributed by atoms with Crippen LogP contribution in [0.3, 0.4) is 0 Å². The van der Waals surface area contributed by atoms with E-state index in [1.807, 2.05) is 14.4 Å². The molecule has 2 nitrogen and oxygen atoms in total. The Hall–Kier alpha value is -1.99. The van der Waals surface area contributed by atoms with Gasteiger partial charge in [0.2, 0.25) is 11.4 Å². The van der Waals surface area contributed by atoms with Crippen molar-refractivity contribution in [2.45, 2.75) is 264 Å². The topological polar surface area (TPSA) is 25.3 Å². The van der Waals surface area contributed by atoms with E-state index in [4.69, 9.17) is 0 Å². The van der Waals surface area contributed by atoms with Gasteiger partial charge in [0.25, 0.3) is 0 Å². The summed E-state index contributed by atoms with van der Waals surface area (Å²) in [7, 11) is 0. The van der Waals surface area contributed by atoms with E-state index in [1.54, 1.807) is 0 Å². The van der Waals surface area contributed by atoms with Crippen LogP contribution in [-0.2, 0) is 27.3 Å². The minimum atomic E-state index is 0.953. The molecule has 2 aromatic carbocycles. The first-order chi connectivity index (χ1) is 29.5. The molecular formula is C57H96N2Ni. The van der Waals surface area contributed by atoms with Gasteiger partial charge in [-0.3, -0.25) is 0 Å². The summed E-state index contributed by atoms with van der Waals surface area (Å²) in [6, 6.07) is 17.7. The third-order valence-electron chi connectivity index (χ3n) is 12.5. The molecule has 1 aliphatic heterocycles. The second-order valence-electron chi connectivity index (χ2n) is 18.1. The fraction of sp³-hybridized carbons (Fsp3) is 0.719. The number of nitrogens with zero attached hydrogens (tertiary/aromatic N) is 2. The maximum absolute atomic E-state index is 11.6. The van der Waals surface area contributed by atoms with Crippen molar-refractivity contribution in [2.75, 3.05) is 0 Å². The van der Waals surface area contributed by atoms with E-state index in [9.17, 15) is 5.53 Å². The Morgan fingerprint density at radius 2 is 0.817 bits per heavy atom. The van der Waals surface area contributed by atoms with E-state index in [-0.39, 0.29) is 0 Å².